The molecule has 0 saturated carbocycles. The number of hydrogen-bond acceptors (Lipinski definition) is 4. The molecule has 1 N–H and O–H groups in total. The Kier molecular flexibility index (Phi) is 4.55. The molecule has 5 nitrogen and oxygen atoms in total. The van der Waals surface area contributed by atoms with E-state index in [1.807, 2.05) is 13.0 Å². The van der Waals surface area contributed by atoms with Crippen molar-refractivity contribution in [3.05, 3.63) is 29.8 Å². The Morgan fingerprint density at radius 3 is 2.80 bits per heavy atom. The summed E-state index contributed by atoms with van der Waals surface area (Å²) in [6, 6.07) is 6.56. The summed E-state index contributed by atoms with van der Waals surface area (Å²) in [5.74, 6) is 0.157. The number of rotatable bonds is 3. The van der Waals surface area contributed by atoms with E-state index in [0.717, 1.165) is 12.0 Å². The molecule has 20 heavy (non-hydrogen) atoms. The van der Waals surface area contributed by atoms with Crippen LogP contribution in [0.1, 0.15) is 12.5 Å². The minimum atomic E-state index is -3.18. The largest absolute Gasteiger partial charge is 0.412 e. The molecular weight excluding hydrogens is 302 g/mol. The van der Waals surface area contributed by atoms with Gasteiger partial charge in [-0.15, -0.1) is 11.6 Å². The molecule has 1 aromatic rings. The van der Waals surface area contributed by atoms with E-state index < -0.39 is 27.3 Å². The molecule has 1 saturated heterocycles. The zero-order chi connectivity index (χ0) is 14.8. The third-order valence-electron chi connectivity index (χ3n) is 3.10. The average Bonchev–Trinajstić information content (AvgIpc) is 2.62. The highest BCUT2D eigenvalue weighted by Gasteiger charge is 2.37. The second-order valence-electron chi connectivity index (χ2n) is 4.73. The Hall–Kier alpha value is -1.27. The summed E-state index contributed by atoms with van der Waals surface area (Å²) in [6.07, 6.45) is 0.148. The zero-order valence-corrected chi connectivity index (χ0v) is 12.6. The van der Waals surface area contributed by atoms with E-state index >= 15 is 0 Å². The monoisotopic (exact) mass is 317 g/mol. The molecule has 1 heterocycles. The summed E-state index contributed by atoms with van der Waals surface area (Å²) in [4.78, 5) is 11.7. The van der Waals surface area contributed by atoms with Crippen LogP contribution in [0.4, 0.5) is 4.79 Å². The van der Waals surface area contributed by atoms with Gasteiger partial charge in [-0.2, -0.15) is 0 Å². The summed E-state index contributed by atoms with van der Waals surface area (Å²) in [6.45, 7) is 2.00. The number of nitrogens with one attached hydrogen (secondary N) is 1. The van der Waals surface area contributed by atoms with Gasteiger partial charge in [-0.05, 0) is 24.1 Å². The van der Waals surface area contributed by atoms with E-state index in [1.54, 1.807) is 18.2 Å². The van der Waals surface area contributed by atoms with Crippen molar-refractivity contribution in [3.63, 3.8) is 0 Å². The van der Waals surface area contributed by atoms with Crippen LogP contribution in [-0.2, 0) is 16.3 Å². The Morgan fingerprint density at radius 2 is 2.20 bits per heavy atom. The van der Waals surface area contributed by atoms with E-state index in [-0.39, 0.29) is 11.5 Å². The second kappa shape index (κ2) is 6.01. The van der Waals surface area contributed by atoms with E-state index in [4.69, 9.17) is 16.3 Å². The van der Waals surface area contributed by atoms with Gasteiger partial charge in [0.1, 0.15) is 5.75 Å². The molecule has 2 atom stereocenters. The minimum absolute atomic E-state index is 0.120. The maximum Gasteiger partial charge on any atom is 0.412 e. The number of sulfone groups is 1. The van der Waals surface area contributed by atoms with Crippen molar-refractivity contribution in [2.75, 3.05) is 11.5 Å². The third kappa shape index (κ3) is 3.86. The second-order valence-corrected chi connectivity index (χ2v) is 7.45. The first-order valence-electron chi connectivity index (χ1n) is 6.31. The molecule has 1 aliphatic rings. The SMILES string of the molecule is CCc1cccc(OC(=O)NC2CS(=O)(=O)CC2Cl)c1. The van der Waals surface area contributed by atoms with Gasteiger partial charge in [-0.1, -0.05) is 19.1 Å². The Morgan fingerprint density at radius 1 is 1.45 bits per heavy atom. The fourth-order valence-corrected chi connectivity index (χ4v) is 4.60. The first-order valence-corrected chi connectivity index (χ1v) is 8.57. The molecule has 1 fully saturated rings. The van der Waals surface area contributed by atoms with Gasteiger partial charge in [-0.25, -0.2) is 13.2 Å². The highest BCUT2D eigenvalue weighted by molar-refractivity contribution is 7.91. The van der Waals surface area contributed by atoms with Gasteiger partial charge in [-0.3, -0.25) is 0 Å². The highest BCUT2D eigenvalue weighted by atomic mass is 35.5. The first kappa shape index (κ1) is 15.1. The van der Waals surface area contributed by atoms with E-state index in [1.165, 1.54) is 0 Å². The van der Waals surface area contributed by atoms with Gasteiger partial charge in [0.25, 0.3) is 0 Å². The lowest BCUT2D eigenvalue weighted by Gasteiger charge is -2.14. The molecular formula is C13H16ClNO4S. The fraction of sp³-hybridized carbons (Fsp3) is 0.462. The van der Waals surface area contributed by atoms with Gasteiger partial charge >= 0.3 is 6.09 Å². The fourth-order valence-electron chi connectivity index (χ4n) is 2.05. The summed E-state index contributed by atoms with van der Waals surface area (Å²) >= 11 is 5.91. The van der Waals surface area contributed by atoms with Gasteiger partial charge in [0.15, 0.2) is 9.84 Å². The Balaban J connectivity index is 1.96. The van der Waals surface area contributed by atoms with Crippen LogP contribution >= 0.6 is 11.6 Å². The highest BCUT2D eigenvalue weighted by Crippen LogP contribution is 2.19. The zero-order valence-electron chi connectivity index (χ0n) is 11.0. The van der Waals surface area contributed by atoms with Crippen LogP contribution in [0.3, 0.4) is 0 Å². The maximum atomic E-state index is 11.7. The average molecular weight is 318 g/mol. The quantitative estimate of drug-likeness (QED) is 0.862. The van der Waals surface area contributed by atoms with Crippen LogP contribution < -0.4 is 10.1 Å². The van der Waals surface area contributed by atoms with Crippen molar-refractivity contribution in [1.82, 2.24) is 5.32 Å². The third-order valence-corrected chi connectivity index (χ3v) is 5.48. The number of carbonyl (C=O) groups excluding carboxylic acids is 1. The van der Waals surface area contributed by atoms with Crippen molar-refractivity contribution in [3.8, 4) is 5.75 Å². The lowest BCUT2D eigenvalue weighted by atomic mass is 10.2. The van der Waals surface area contributed by atoms with Gasteiger partial charge in [0.2, 0.25) is 0 Å². The number of ether oxygens (including phenoxy) is 1. The van der Waals surface area contributed by atoms with E-state index in [2.05, 4.69) is 5.32 Å². The number of halogens is 1. The standard InChI is InChI=1S/C13H16ClNO4S/c1-2-9-4-3-5-10(6-9)19-13(16)15-12-8-20(17,18)7-11(12)14/h3-6,11-12H,2,7-8H2,1H3,(H,15,16). The smallest absolute Gasteiger partial charge is 0.410 e. The summed E-state index contributed by atoms with van der Waals surface area (Å²) in [7, 11) is -3.18. The van der Waals surface area contributed by atoms with Crippen molar-refractivity contribution < 1.29 is 17.9 Å². The van der Waals surface area contributed by atoms with E-state index in [9.17, 15) is 13.2 Å². The number of carbonyl (C=O) groups is 1. The predicted octanol–water partition coefficient (Wildman–Crippen LogP) is 1.74. The molecule has 1 amide bonds. The van der Waals surface area contributed by atoms with Crippen LogP contribution in [0.2, 0.25) is 0 Å². The molecule has 110 valence electrons. The van der Waals surface area contributed by atoms with Crippen molar-refractivity contribution >= 4 is 27.5 Å². The molecule has 1 aliphatic heterocycles. The molecule has 1 aromatic carbocycles. The molecule has 2 unspecified atom stereocenters. The van der Waals surface area contributed by atoms with Gasteiger partial charge < -0.3 is 10.1 Å². The van der Waals surface area contributed by atoms with Crippen molar-refractivity contribution in [1.29, 1.82) is 0 Å². The predicted molar refractivity (Wildman–Crippen MR) is 77.1 cm³/mol. The topological polar surface area (TPSA) is 72.5 Å². The maximum absolute atomic E-state index is 11.7. The van der Waals surface area contributed by atoms with Gasteiger partial charge in [0.05, 0.1) is 22.9 Å². The Bertz CT molecular complexity index is 602. The molecule has 0 spiro atoms. The number of benzene rings is 1. The number of alkyl halides is 1. The Labute approximate surface area is 123 Å². The summed E-state index contributed by atoms with van der Waals surface area (Å²) < 4.78 is 27.9. The molecule has 0 aromatic heterocycles. The van der Waals surface area contributed by atoms with E-state index in [0.29, 0.717) is 5.75 Å². The first-order chi connectivity index (χ1) is 9.39. The normalized spacial score (nSPS) is 24.3. The summed E-state index contributed by atoms with van der Waals surface area (Å²) in [5.41, 5.74) is 1.05. The van der Waals surface area contributed by atoms with Crippen LogP contribution in [0.15, 0.2) is 24.3 Å². The number of amides is 1. The van der Waals surface area contributed by atoms with Crippen LogP contribution in [0, 0.1) is 0 Å². The number of hydrogen-bond donors (Lipinski definition) is 1. The van der Waals surface area contributed by atoms with Crippen molar-refractivity contribution in [2.24, 2.45) is 0 Å². The molecule has 0 radical (unpaired) electrons. The van der Waals surface area contributed by atoms with Crippen molar-refractivity contribution in [2.45, 2.75) is 24.8 Å². The van der Waals surface area contributed by atoms with Crippen LogP contribution in [0.25, 0.3) is 0 Å². The lowest BCUT2D eigenvalue weighted by molar-refractivity contribution is 0.197. The summed E-state index contributed by atoms with van der Waals surface area (Å²) in [5, 5.41) is 1.88. The molecule has 7 heteroatoms. The van der Waals surface area contributed by atoms with Crippen LogP contribution in [-0.4, -0.2) is 37.4 Å². The molecule has 0 bridgehead atoms. The van der Waals surface area contributed by atoms with Crippen LogP contribution in [0.5, 0.6) is 5.75 Å². The number of aryl methyl sites for hydroxylation is 1. The molecule has 0 aliphatic carbocycles. The minimum Gasteiger partial charge on any atom is -0.410 e. The lowest BCUT2D eigenvalue weighted by Crippen LogP contribution is -2.42. The van der Waals surface area contributed by atoms with Gasteiger partial charge in [0, 0.05) is 0 Å². The molecule has 2 rings (SSSR count).